The Morgan fingerprint density at radius 1 is 1.33 bits per heavy atom. The third-order valence-corrected chi connectivity index (χ3v) is 3.23. The standard InChI is InChI=1S/C10H18N2O5S/c1-10(2,8(14)15)18-6-7(13)12-9(16)11-4-5-17-3/h4-6H2,1-3H3,(H,14,15)(H2,11,12,13,16). The van der Waals surface area contributed by atoms with Gasteiger partial charge in [0.05, 0.1) is 12.4 Å². The number of carbonyl (C=O) groups is 3. The van der Waals surface area contributed by atoms with Crippen LogP contribution in [0.4, 0.5) is 4.79 Å². The molecule has 7 nitrogen and oxygen atoms in total. The van der Waals surface area contributed by atoms with Crippen LogP contribution in [-0.4, -0.2) is 53.8 Å². The van der Waals surface area contributed by atoms with E-state index in [2.05, 4.69) is 10.6 Å². The van der Waals surface area contributed by atoms with Crippen molar-refractivity contribution in [3.8, 4) is 0 Å². The van der Waals surface area contributed by atoms with Crippen LogP contribution in [0.1, 0.15) is 13.8 Å². The van der Waals surface area contributed by atoms with E-state index in [4.69, 9.17) is 9.84 Å². The number of thioether (sulfide) groups is 1. The Hall–Kier alpha value is -1.28. The van der Waals surface area contributed by atoms with Gasteiger partial charge in [-0.2, -0.15) is 0 Å². The number of carboxylic acid groups (broad SMARTS) is 1. The fraction of sp³-hybridized carbons (Fsp3) is 0.700. The van der Waals surface area contributed by atoms with E-state index in [1.165, 1.54) is 21.0 Å². The van der Waals surface area contributed by atoms with Gasteiger partial charge in [-0.1, -0.05) is 0 Å². The summed E-state index contributed by atoms with van der Waals surface area (Å²) in [5.41, 5.74) is 0. The predicted molar refractivity (Wildman–Crippen MR) is 67.6 cm³/mol. The maximum atomic E-state index is 11.3. The molecule has 0 unspecified atom stereocenters. The van der Waals surface area contributed by atoms with Gasteiger partial charge in [-0.25, -0.2) is 4.79 Å². The minimum atomic E-state index is -1.07. The summed E-state index contributed by atoms with van der Waals surface area (Å²) in [4.78, 5) is 33.3. The van der Waals surface area contributed by atoms with Crippen LogP contribution in [-0.2, 0) is 14.3 Å². The topological polar surface area (TPSA) is 105 Å². The summed E-state index contributed by atoms with van der Waals surface area (Å²) in [5.74, 6) is -1.65. The average Bonchev–Trinajstić information content (AvgIpc) is 2.26. The third-order valence-electron chi connectivity index (χ3n) is 1.92. The van der Waals surface area contributed by atoms with Crippen molar-refractivity contribution in [3.05, 3.63) is 0 Å². The van der Waals surface area contributed by atoms with E-state index >= 15 is 0 Å². The number of carbonyl (C=O) groups excluding carboxylic acids is 2. The first-order chi connectivity index (χ1) is 8.29. The second kappa shape index (κ2) is 7.93. The van der Waals surface area contributed by atoms with Crippen LogP contribution in [0.3, 0.4) is 0 Å². The zero-order valence-electron chi connectivity index (χ0n) is 10.6. The van der Waals surface area contributed by atoms with Crippen LogP contribution in [0.25, 0.3) is 0 Å². The highest BCUT2D eigenvalue weighted by atomic mass is 32.2. The van der Waals surface area contributed by atoms with Crippen LogP contribution in [0, 0.1) is 0 Å². The lowest BCUT2D eigenvalue weighted by molar-refractivity contribution is -0.138. The zero-order valence-corrected chi connectivity index (χ0v) is 11.4. The van der Waals surface area contributed by atoms with Gasteiger partial charge in [0.15, 0.2) is 0 Å². The maximum absolute atomic E-state index is 11.3. The fourth-order valence-electron chi connectivity index (χ4n) is 0.781. The molecule has 0 rings (SSSR count). The Bertz CT molecular complexity index is 319. The van der Waals surface area contributed by atoms with Crippen molar-refractivity contribution < 1.29 is 24.2 Å². The molecule has 0 radical (unpaired) electrons. The van der Waals surface area contributed by atoms with E-state index in [0.29, 0.717) is 13.2 Å². The second-order valence-electron chi connectivity index (χ2n) is 3.90. The van der Waals surface area contributed by atoms with E-state index < -0.39 is 22.7 Å². The number of urea groups is 1. The number of hydrogen-bond acceptors (Lipinski definition) is 5. The molecule has 0 fully saturated rings. The predicted octanol–water partition coefficient (Wildman–Crippen LogP) is 0.0550. The SMILES string of the molecule is COCCNC(=O)NC(=O)CSC(C)(C)C(=O)O. The summed E-state index contributed by atoms with van der Waals surface area (Å²) in [7, 11) is 1.50. The number of nitrogens with one attached hydrogen (secondary N) is 2. The summed E-state index contributed by atoms with van der Waals surface area (Å²) in [6.07, 6.45) is 0. The molecule has 0 atom stereocenters. The summed E-state index contributed by atoms with van der Waals surface area (Å²) >= 11 is 0.949. The van der Waals surface area contributed by atoms with Gasteiger partial charge < -0.3 is 15.2 Å². The largest absolute Gasteiger partial charge is 0.480 e. The van der Waals surface area contributed by atoms with Crippen molar-refractivity contribution in [3.63, 3.8) is 0 Å². The number of aliphatic carboxylic acids is 1. The molecule has 0 heterocycles. The first-order valence-corrected chi connectivity index (χ1v) is 6.22. The highest BCUT2D eigenvalue weighted by Crippen LogP contribution is 2.23. The molecule has 0 aromatic heterocycles. The number of rotatable bonds is 7. The van der Waals surface area contributed by atoms with E-state index in [-0.39, 0.29) is 5.75 Å². The normalized spacial score (nSPS) is 10.8. The minimum Gasteiger partial charge on any atom is -0.480 e. The summed E-state index contributed by atoms with van der Waals surface area (Å²) in [6.45, 7) is 3.63. The number of imide groups is 1. The number of amides is 3. The van der Waals surface area contributed by atoms with Crippen molar-refractivity contribution in [2.45, 2.75) is 18.6 Å². The van der Waals surface area contributed by atoms with Crippen LogP contribution >= 0.6 is 11.8 Å². The van der Waals surface area contributed by atoms with Gasteiger partial charge in [-0.3, -0.25) is 14.9 Å². The molecule has 0 bridgehead atoms. The molecule has 3 amide bonds. The van der Waals surface area contributed by atoms with Gasteiger partial charge in [0.25, 0.3) is 0 Å². The van der Waals surface area contributed by atoms with Gasteiger partial charge >= 0.3 is 12.0 Å². The smallest absolute Gasteiger partial charge is 0.321 e. The van der Waals surface area contributed by atoms with Crippen LogP contribution in [0.15, 0.2) is 0 Å². The van der Waals surface area contributed by atoms with E-state index in [0.717, 1.165) is 11.8 Å². The highest BCUT2D eigenvalue weighted by Gasteiger charge is 2.28. The van der Waals surface area contributed by atoms with Crippen LogP contribution in [0.5, 0.6) is 0 Å². The number of ether oxygens (including phenoxy) is 1. The molecule has 0 aromatic rings. The Morgan fingerprint density at radius 3 is 2.44 bits per heavy atom. The van der Waals surface area contributed by atoms with Gasteiger partial charge in [0, 0.05) is 13.7 Å². The van der Waals surface area contributed by atoms with Gasteiger partial charge in [-0.15, -0.1) is 11.8 Å². The molecular formula is C10H18N2O5S. The van der Waals surface area contributed by atoms with Crippen LogP contribution in [0.2, 0.25) is 0 Å². The van der Waals surface area contributed by atoms with Crippen LogP contribution < -0.4 is 10.6 Å². The van der Waals surface area contributed by atoms with Gasteiger partial charge in [0.2, 0.25) is 5.91 Å². The lowest BCUT2D eigenvalue weighted by Crippen LogP contribution is -2.42. The summed E-state index contributed by atoms with van der Waals surface area (Å²) < 4.78 is 3.65. The molecule has 0 aliphatic rings. The van der Waals surface area contributed by atoms with Crippen molar-refractivity contribution in [1.29, 1.82) is 0 Å². The first kappa shape index (κ1) is 16.7. The molecule has 0 aliphatic carbocycles. The summed E-state index contributed by atoms with van der Waals surface area (Å²) in [5, 5.41) is 13.3. The quantitative estimate of drug-likeness (QED) is 0.569. The van der Waals surface area contributed by atoms with Crippen molar-refractivity contribution in [1.82, 2.24) is 10.6 Å². The van der Waals surface area contributed by atoms with E-state index in [1.807, 2.05) is 0 Å². The average molecular weight is 278 g/mol. The Balaban J connectivity index is 3.91. The molecule has 18 heavy (non-hydrogen) atoms. The number of hydrogen-bond donors (Lipinski definition) is 3. The Morgan fingerprint density at radius 2 is 1.94 bits per heavy atom. The lowest BCUT2D eigenvalue weighted by Gasteiger charge is -2.17. The number of methoxy groups -OCH3 is 1. The second-order valence-corrected chi connectivity index (χ2v) is 5.50. The van der Waals surface area contributed by atoms with E-state index in [9.17, 15) is 14.4 Å². The number of carboxylic acids is 1. The molecule has 104 valence electrons. The Kier molecular flexibility index (Phi) is 7.37. The van der Waals surface area contributed by atoms with E-state index in [1.54, 1.807) is 0 Å². The molecule has 0 saturated heterocycles. The van der Waals surface area contributed by atoms with Crippen molar-refractivity contribution in [2.24, 2.45) is 0 Å². The third kappa shape index (κ3) is 7.13. The molecule has 3 N–H and O–H groups in total. The molecular weight excluding hydrogens is 260 g/mol. The maximum Gasteiger partial charge on any atom is 0.321 e. The van der Waals surface area contributed by atoms with Gasteiger partial charge in [-0.05, 0) is 13.8 Å². The van der Waals surface area contributed by atoms with Crippen molar-refractivity contribution in [2.75, 3.05) is 26.0 Å². The molecule has 0 spiro atoms. The zero-order chi connectivity index (χ0) is 14.2. The molecule has 0 saturated carbocycles. The lowest BCUT2D eigenvalue weighted by atomic mass is 10.2. The monoisotopic (exact) mass is 278 g/mol. The fourth-order valence-corrected chi connectivity index (χ4v) is 1.47. The first-order valence-electron chi connectivity index (χ1n) is 5.23. The Labute approximate surface area is 110 Å². The van der Waals surface area contributed by atoms with Gasteiger partial charge in [0.1, 0.15) is 4.75 Å². The van der Waals surface area contributed by atoms with Crippen molar-refractivity contribution >= 4 is 29.7 Å². The highest BCUT2D eigenvalue weighted by molar-refractivity contribution is 8.01. The molecule has 8 heteroatoms. The minimum absolute atomic E-state index is 0.100. The molecule has 0 aromatic carbocycles. The summed E-state index contributed by atoms with van der Waals surface area (Å²) in [6, 6.07) is -0.620. The molecule has 0 aliphatic heterocycles.